The molecule has 1 aromatic carbocycles. The molecule has 8 heteroatoms. The standard InChI is InChI=1S/C13H14BrClN2O3S/c1-2-20-12(19)6-5-11(18)17-13(21)16-8-3-4-9(14)10(15)7-8/h3-4,7H,2,5-6H2,1H3,(H2,16,17,18,21). The van der Waals surface area contributed by atoms with Crippen molar-refractivity contribution in [3.8, 4) is 0 Å². The quantitative estimate of drug-likeness (QED) is 0.594. The molecule has 1 aromatic rings. The van der Waals surface area contributed by atoms with E-state index in [1.165, 1.54) is 0 Å². The highest BCUT2D eigenvalue weighted by Crippen LogP contribution is 2.25. The third-order valence-corrected chi connectivity index (χ3v) is 3.73. The van der Waals surface area contributed by atoms with E-state index in [4.69, 9.17) is 28.6 Å². The second-order valence-electron chi connectivity index (χ2n) is 3.94. The highest BCUT2D eigenvalue weighted by Gasteiger charge is 2.09. The number of amides is 1. The molecule has 0 aliphatic heterocycles. The van der Waals surface area contributed by atoms with Crippen molar-refractivity contribution in [2.75, 3.05) is 11.9 Å². The molecule has 1 rings (SSSR count). The highest BCUT2D eigenvalue weighted by molar-refractivity contribution is 9.10. The molecule has 0 saturated heterocycles. The van der Waals surface area contributed by atoms with E-state index in [1.807, 2.05) is 0 Å². The lowest BCUT2D eigenvalue weighted by Gasteiger charge is -2.10. The van der Waals surface area contributed by atoms with Crippen molar-refractivity contribution in [2.24, 2.45) is 0 Å². The number of esters is 1. The summed E-state index contributed by atoms with van der Waals surface area (Å²) in [4.78, 5) is 22.7. The Morgan fingerprint density at radius 3 is 2.71 bits per heavy atom. The molecule has 0 unspecified atom stereocenters. The van der Waals surface area contributed by atoms with Crippen molar-refractivity contribution in [3.05, 3.63) is 27.7 Å². The summed E-state index contributed by atoms with van der Waals surface area (Å²) >= 11 is 14.2. The fraction of sp³-hybridized carbons (Fsp3) is 0.308. The van der Waals surface area contributed by atoms with Crippen molar-refractivity contribution >= 4 is 62.4 Å². The number of nitrogens with one attached hydrogen (secondary N) is 2. The van der Waals surface area contributed by atoms with Crippen LogP contribution < -0.4 is 10.6 Å². The number of benzene rings is 1. The molecule has 114 valence electrons. The van der Waals surface area contributed by atoms with Gasteiger partial charge in [0, 0.05) is 16.6 Å². The SMILES string of the molecule is CCOC(=O)CCC(=O)NC(=S)Nc1ccc(Br)c(Cl)c1. The summed E-state index contributed by atoms with van der Waals surface area (Å²) in [5.41, 5.74) is 0.652. The minimum atomic E-state index is -0.411. The van der Waals surface area contributed by atoms with Gasteiger partial charge in [0.05, 0.1) is 18.1 Å². The molecule has 0 aromatic heterocycles. The minimum absolute atomic E-state index is 0.0156. The molecule has 0 fully saturated rings. The van der Waals surface area contributed by atoms with E-state index in [2.05, 4.69) is 26.6 Å². The molecule has 0 radical (unpaired) electrons. The van der Waals surface area contributed by atoms with Gasteiger partial charge >= 0.3 is 5.97 Å². The molecule has 1 amide bonds. The second-order valence-corrected chi connectivity index (χ2v) is 5.61. The van der Waals surface area contributed by atoms with E-state index in [1.54, 1.807) is 25.1 Å². The van der Waals surface area contributed by atoms with Gasteiger partial charge in [-0.1, -0.05) is 11.6 Å². The van der Waals surface area contributed by atoms with Gasteiger partial charge in [-0.15, -0.1) is 0 Å². The lowest BCUT2D eigenvalue weighted by molar-refractivity contribution is -0.144. The number of carbonyl (C=O) groups excluding carboxylic acids is 2. The molecule has 0 aliphatic rings. The number of ether oxygens (including phenoxy) is 1. The van der Waals surface area contributed by atoms with Crippen LogP contribution in [0.2, 0.25) is 5.02 Å². The zero-order valence-electron chi connectivity index (χ0n) is 11.2. The van der Waals surface area contributed by atoms with Crippen molar-refractivity contribution in [1.29, 1.82) is 0 Å². The van der Waals surface area contributed by atoms with Crippen LogP contribution >= 0.6 is 39.7 Å². The molecule has 2 N–H and O–H groups in total. The predicted molar refractivity (Wildman–Crippen MR) is 89.4 cm³/mol. The van der Waals surface area contributed by atoms with E-state index in [-0.39, 0.29) is 23.9 Å². The number of thiocarbonyl (C=S) groups is 1. The predicted octanol–water partition coefficient (Wildman–Crippen LogP) is 3.26. The Balaban J connectivity index is 2.40. The molecule has 0 saturated carbocycles. The summed E-state index contributed by atoms with van der Waals surface area (Å²) in [7, 11) is 0. The van der Waals surface area contributed by atoms with Gasteiger partial charge in [-0.2, -0.15) is 0 Å². The van der Waals surface area contributed by atoms with E-state index in [0.717, 1.165) is 4.47 Å². The first kappa shape index (κ1) is 17.9. The first-order chi connectivity index (χ1) is 9.92. The van der Waals surface area contributed by atoms with Gasteiger partial charge < -0.3 is 15.4 Å². The van der Waals surface area contributed by atoms with Gasteiger partial charge in [-0.05, 0) is 53.3 Å². The van der Waals surface area contributed by atoms with E-state index < -0.39 is 5.97 Å². The van der Waals surface area contributed by atoms with Crippen LogP contribution in [0.4, 0.5) is 5.69 Å². The molecule has 0 aliphatic carbocycles. The van der Waals surface area contributed by atoms with Gasteiger partial charge in [0.2, 0.25) is 5.91 Å². The van der Waals surface area contributed by atoms with E-state index >= 15 is 0 Å². The van der Waals surface area contributed by atoms with Crippen LogP contribution in [-0.4, -0.2) is 23.6 Å². The molecular formula is C13H14BrClN2O3S. The largest absolute Gasteiger partial charge is 0.466 e. The van der Waals surface area contributed by atoms with Crippen molar-refractivity contribution in [1.82, 2.24) is 5.32 Å². The average Bonchev–Trinajstić information content (AvgIpc) is 2.41. The lowest BCUT2D eigenvalue weighted by Crippen LogP contribution is -2.34. The lowest BCUT2D eigenvalue weighted by atomic mass is 10.3. The van der Waals surface area contributed by atoms with Crippen LogP contribution in [-0.2, 0) is 14.3 Å². The maximum atomic E-state index is 11.6. The second kappa shape index (κ2) is 8.96. The van der Waals surface area contributed by atoms with Crippen LogP contribution in [0.25, 0.3) is 0 Å². The van der Waals surface area contributed by atoms with Crippen LogP contribution in [0.15, 0.2) is 22.7 Å². The first-order valence-electron chi connectivity index (χ1n) is 6.14. The monoisotopic (exact) mass is 392 g/mol. The normalized spacial score (nSPS) is 9.86. The Labute approximate surface area is 141 Å². The van der Waals surface area contributed by atoms with E-state index in [0.29, 0.717) is 17.3 Å². The van der Waals surface area contributed by atoms with Crippen molar-refractivity contribution in [2.45, 2.75) is 19.8 Å². The van der Waals surface area contributed by atoms with Crippen LogP contribution in [0, 0.1) is 0 Å². The molecule has 5 nitrogen and oxygen atoms in total. The zero-order chi connectivity index (χ0) is 15.8. The average molecular weight is 394 g/mol. The Morgan fingerprint density at radius 2 is 2.10 bits per heavy atom. The van der Waals surface area contributed by atoms with E-state index in [9.17, 15) is 9.59 Å². The maximum absolute atomic E-state index is 11.6. The van der Waals surface area contributed by atoms with Crippen LogP contribution in [0.3, 0.4) is 0 Å². The fourth-order valence-corrected chi connectivity index (χ4v) is 2.03. The number of carbonyl (C=O) groups is 2. The summed E-state index contributed by atoms with van der Waals surface area (Å²) in [6.45, 7) is 2.01. The Hall–Kier alpha value is -1.18. The maximum Gasteiger partial charge on any atom is 0.306 e. The molecule has 0 heterocycles. The number of anilines is 1. The van der Waals surface area contributed by atoms with Gasteiger partial charge in [0.25, 0.3) is 0 Å². The van der Waals surface area contributed by atoms with Crippen molar-refractivity contribution < 1.29 is 14.3 Å². The Bertz CT molecular complexity index is 554. The number of halogens is 2. The van der Waals surface area contributed by atoms with Gasteiger partial charge in [-0.3, -0.25) is 9.59 Å². The molecular weight excluding hydrogens is 380 g/mol. The van der Waals surface area contributed by atoms with Gasteiger partial charge in [0.15, 0.2) is 5.11 Å². The number of hydrogen-bond acceptors (Lipinski definition) is 4. The summed E-state index contributed by atoms with van der Waals surface area (Å²) in [5, 5.41) is 5.98. The minimum Gasteiger partial charge on any atom is -0.466 e. The third-order valence-electron chi connectivity index (χ3n) is 2.29. The van der Waals surface area contributed by atoms with Crippen LogP contribution in [0.5, 0.6) is 0 Å². The fourth-order valence-electron chi connectivity index (χ4n) is 1.37. The van der Waals surface area contributed by atoms with Gasteiger partial charge in [-0.25, -0.2) is 0 Å². The molecule has 21 heavy (non-hydrogen) atoms. The Morgan fingerprint density at radius 1 is 1.38 bits per heavy atom. The first-order valence-corrected chi connectivity index (χ1v) is 7.71. The molecule has 0 bridgehead atoms. The molecule has 0 spiro atoms. The summed E-state index contributed by atoms with van der Waals surface area (Å²) in [6.07, 6.45) is 0.0359. The van der Waals surface area contributed by atoms with Gasteiger partial charge in [0.1, 0.15) is 0 Å². The van der Waals surface area contributed by atoms with Crippen molar-refractivity contribution in [3.63, 3.8) is 0 Å². The summed E-state index contributed by atoms with van der Waals surface area (Å²) in [6, 6.07) is 5.19. The smallest absolute Gasteiger partial charge is 0.306 e. The topological polar surface area (TPSA) is 67.4 Å². The number of rotatable bonds is 5. The Kier molecular flexibility index (Phi) is 7.63. The zero-order valence-corrected chi connectivity index (χ0v) is 14.4. The summed E-state index contributed by atoms with van der Waals surface area (Å²) in [5.74, 6) is -0.769. The number of hydrogen-bond donors (Lipinski definition) is 2. The molecule has 0 atom stereocenters. The summed E-state index contributed by atoms with van der Waals surface area (Å²) < 4.78 is 5.49. The van der Waals surface area contributed by atoms with Crippen LogP contribution in [0.1, 0.15) is 19.8 Å². The highest BCUT2D eigenvalue weighted by atomic mass is 79.9. The third kappa shape index (κ3) is 6.88.